The van der Waals surface area contributed by atoms with Crippen molar-refractivity contribution >= 4 is 18.0 Å². The van der Waals surface area contributed by atoms with Gasteiger partial charge in [-0.25, -0.2) is 9.59 Å². The maximum Gasteiger partial charge on any atom is 0.407 e. The van der Waals surface area contributed by atoms with Crippen molar-refractivity contribution in [3.63, 3.8) is 0 Å². The zero-order chi connectivity index (χ0) is 22.3. The van der Waals surface area contributed by atoms with E-state index in [9.17, 15) is 14.4 Å². The van der Waals surface area contributed by atoms with E-state index in [2.05, 4.69) is 29.7 Å². The second-order valence-electron chi connectivity index (χ2n) is 7.97. The van der Waals surface area contributed by atoms with Crippen LogP contribution in [0.2, 0.25) is 0 Å². The molecule has 0 bridgehead atoms. The van der Waals surface area contributed by atoms with E-state index in [1.54, 1.807) is 0 Å². The lowest BCUT2D eigenvalue weighted by Gasteiger charge is -2.22. The number of hydroxylamine groups is 1. The molecule has 0 atom stereocenters. The Morgan fingerprint density at radius 3 is 2.03 bits per heavy atom. The molecule has 2 amide bonds. The molecule has 7 nitrogen and oxygen atoms in total. The number of benzene rings is 2. The first-order chi connectivity index (χ1) is 14.9. The van der Waals surface area contributed by atoms with Crippen molar-refractivity contribution in [2.24, 2.45) is 0 Å². The van der Waals surface area contributed by atoms with E-state index in [1.165, 1.54) is 18.2 Å². The van der Waals surface area contributed by atoms with Crippen LogP contribution in [-0.2, 0) is 33.7 Å². The molecule has 2 aromatic carbocycles. The number of carbonyl (C=O) groups excluding carboxylic acids is 2. The van der Waals surface area contributed by atoms with Gasteiger partial charge in [0.1, 0.15) is 5.54 Å². The lowest BCUT2D eigenvalue weighted by Crippen LogP contribution is -2.47. The topological polar surface area (TPSA) is 95.9 Å². The number of nitrogens with zero attached hydrogens (tertiary/aromatic N) is 1. The van der Waals surface area contributed by atoms with Gasteiger partial charge in [-0.1, -0.05) is 54.6 Å². The summed E-state index contributed by atoms with van der Waals surface area (Å²) in [6, 6.07) is 18.3. The molecule has 1 aliphatic carbocycles. The van der Waals surface area contributed by atoms with Crippen molar-refractivity contribution in [3.05, 3.63) is 71.3 Å². The molecule has 2 aromatic rings. The lowest BCUT2D eigenvalue weighted by molar-refractivity contribution is -0.163. The normalized spacial score (nSPS) is 13.8. The molecule has 0 aromatic heterocycles. The molecule has 3 rings (SSSR count). The number of hydrogen-bond acceptors (Lipinski definition) is 4. The van der Waals surface area contributed by atoms with E-state index in [0.717, 1.165) is 36.1 Å². The number of hydrogen-bond donors (Lipinski definition) is 2. The quantitative estimate of drug-likeness (QED) is 0.474. The van der Waals surface area contributed by atoms with Crippen LogP contribution in [0.1, 0.15) is 42.4 Å². The van der Waals surface area contributed by atoms with Crippen molar-refractivity contribution in [3.8, 4) is 0 Å². The van der Waals surface area contributed by atoms with Gasteiger partial charge < -0.3 is 9.94 Å². The second-order valence-corrected chi connectivity index (χ2v) is 7.97. The summed E-state index contributed by atoms with van der Waals surface area (Å²) in [4.78, 5) is 41.1. The summed E-state index contributed by atoms with van der Waals surface area (Å²) in [6.07, 6.45) is 3.91. The maximum absolute atomic E-state index is 12.1. The number of unbranched alkanes of at least 4 members (excludes halogenated alkanes) is 1. The molecule has 0 spiro atoms. The SMILES string of the molecule is CN(C(=O)O)C1(C(=O)ONC(=O)Cc2ccc(CCCCc3ccccc3)cc2)CC1. The van der Waals surface area contributed by atoms with E-state index >= 15 is 0 Å². The predicted octanol–water partition coefficient (Wildman–Crippen LogP) is 3.51. The molecule has 31 heavy (non-hydrogen) atoms. The van der Waals surface area contributed by atoms with Crippen LogP contribution in [0.5, 0.6) is 0 Å². The molecular weight excluding hydrogens is 396 g/mol. The van der Waals surface area contributed by atoms with E-state index in [1.807, 2.05) is 30.3 Å². The number of rotatable bonds is 9. The third-order valence-corrected chi connectivity index (χ3v) is 5.70. The number of aryl methyl sites for hydroxylation is 2. The zero-order valence-corrected chi connectivity index (χ0v) is 17.7. The molecule has 1 aliphatic rings. The van der Waals surface area contributed by atoms with E-state index < -0.39 is 23.5 Å². The summed E-state index contributed by atoms with van der Waals surface area (Å²) >= 11 is 0. The van der Waals surface area contributed by atoms with Crippen LogP contribution in [0.15, 0.2) is 54.6 Å². The molecule has 2 N–H and O–H groups in total. The highest BCUT2D eigenvalue weighted by molar-refractivity contribution is 5.89. The standard InChI is InChI=1S/C24H28N2O5/c1-26(23(29)30)24(15-16-24)22(28)31-25-21(27)17-20-13-11-19(12-14-20)10-6-5-9-18-7-3-2-4-8-18/h2-4,7-8,11-14H,5-6,9-10,15-17H2,1H3,(H,25,27)(H,29,30). The van der Waals surface area contributed by atoms with Gasteiger partial charge in [-0.15, -0.1) is 0 Å². The largest absolute Gasteiger partial charge is 0.465 e. The molecule has 1 saturated carbocycles. The summed E-state index contributed by atoms with van der Waals surface area (Å²) in [7, 11) is 1.32. The van der Waals surface area contributed by atoms with Gasteiger partial charge in [0, 0.05) is 7.05 Å². The predicted molar refractivity (Wildman–Crippen MR) is 115 cm³/mol. The minimum absolute atomic E-state index is 0.0728. The van der Waals surface area contributed by atoms with Gasteiger partial charge in [0.15, 0.2) is 0 Å². The Balaban J connectivity index is 1.38. The van der Waals surface area contributed by atoms with Gasteiger partial charge in [0.05, 0.1) is 6.42 Å². The van der Waals surface area contributed by atoms with Crippen molar-refractivity contribution in [1.82, 2.24) is 10.4 Å². The van der Waals surface area contributed by atoms with Crippen LogP contribution in [0, 0.1) is 0 Å². The Labute approximate surface area is 182 Å². The fraction of sp³-hybridized carbons (Fsp3) is 0.375. The molecule has 1 fully saturated rings. The molecule has 164 valence electrons. The summed E-state index contributed by atoms with van der Waals surface area (Å²) in [5.74, 6) is -1.21. The smallest absolute Gasteiger partial charge is 0.407 e. The van der Waals surface area contributed by atoms with Crippen molar-refractivity contribution in [1.29, 1.82) is 0 Å². The Morgan fingerprint density at radius 1 is 0.935 bits per heavy atom. The average Bonchev–Trinajstić information content (AvgIpc) is 3.58. The summed E-state index contributed by atoms with van der Waals surface area (Å²) in [6.45, 7) is 0. The van der Waals surface area contributed by atoms with E-state index in [4.69, 9.17) is 9.94 Å². The monoisotopic (exact) mass is 424 g/mol. The molecule has 0 saturated heterocycles. The van der Waals surface area contributed by atoms with Crippen LogP contribution >= 0.6 is 0 Å². The highest BCUT2D eigenvalue weighted by atomic mass is 16.7. The van der Waals surface area contributed by atoms with E-state index in [-0.39, 0.29) is 6.42 Å². The van der Waals surface area contributed by atoms with Gasteiger partial charge in [0.2, 0.25) is 0 Å². The van der Waals surface area contributed by atoms with Crippen LogP contribution in [0.25, 0.3) is 0 Å². The first kappa shape index (κ1) is 22.3. The second kappa shape index (κ2) is 10.1. The highest BCUT2D eigenvalue weighted by Gasteiger charge is 2.57. The Morgan fingerprint density at radius 2 is 1.48 bits per heavy atom. The highest BCUT2D eigenvalue weighted by Crippen LogP contribution is 2.41. The van der Waals surface area contributed by atoms with Crippen LogP contribution < -0.4 is 5.48 Å². The van der Waals surface area contributed by atoms with Crippen LogP contribution in [-0.4, -0.2) is 40.6 Å². The average molecular weight is 424 g/mol. The number of likely N-dealkylation sites (N-methyl/N-ethyl adjacent to an activating group) is 1. The summed E-state index contributed by atoms with van der Waals surface area (Å²) < 4.78 is 0. The summed E-state index contributed by atoms with van der Waals surface area (Å²) in [5, 5.41) is 9.05. The molecule has 0 unspecified atom stereocenters. The Kier molecular flexibility index (Phi) is 7.28. The third kappa shape index (κ3) is 6.07. The van der Waals surface area contributed by atoms with Gasteiger partial charge >= 0.3 is 12.1 Å². The minimum atomic E-state index is -1.21. The van der Waals surface area contributed by atoms with Crippen molar-refractivity contribution < 1.29 is 24.3 Å². The fourth-order valence-corrected chi connectivity index (χ4v) is 3.52. The third-order valence-electron chi connectivity index (χ3n) is 5.70. The molecular formula is C24H28N2O5. The minimum Gasteiger partial charge on any atom is -0.465 e. The Hall–Kier alpha value is -3.35. The van der Waals surface area contributed by atoms with Gasteiger partial charge in [-0.2, -0.15) is 5.48 Å². The molecule has 0 heterocycles. The zero-order valence-electron chi connectivity index (χ0n) is 17.7. The van der Waals surface area contributed by atoms with Crippen LogP contribution in [0.4, 0.5) is 4.79 Å². The first-order valence-corrected chi connectivity index (χ1v) is 10.5. The fourth-order valence-electron chi connectivity index (χ4n) is 3.52. The number of carboxylic acid groups (broad SMARTS) is 1. The molecule has 7 heteroatoms. The van der Waals surface area contributed by atoms with Gasteiger partial charge in [-0.3, -0.25) is 9.69 Å². The Bertz CT molecular complexity index is 907. The van der Waals surface area contributed by atoms with Crippen LogP contribution in [0.3, 0.4) is 0 Å². The number of nitrogens with one attached hydrogen (secondary N) is 1. The first-order valence-electron chi connectivity index (χ1n) is 10.5. The summed E-state index contributed by atoms with van der Waals surface area (Å²) in [5.41, 5.74) is 4.34. The number of carbonyl (C=O) groups is 3. The molecule has 0 radical (unpaired) electrons. The maximum atomic E-state index is 12.1. The van der Waals surface area contributed by atoms with Crippen molar-refractivity contribution in [2.45, 2.75) is 50.5 Å². The van der Waals surface area contributed by atoms with Crippen molar-refractivity contribution in [2.75, 3.05) is 7.05 Å². The molecule has 0 aliphatic heterocycles. The lowest BCUT2D eigenvalue weighted by atomic mass is 10.0. The van der Waals surface area contributed by atoms with Gasteiger partial charge in [-0.05, 0) is 55.2 Å². The van der Waals surface area contributed by atoms with Gasteiger partial charge in [0.25, 0.3) is 5.91 Å². The number of amides is 2. The van der Waals surface area contributed by atoms with E-state index in [0.29, 0.717) is 12.8 Å².